The lowest BCUT2D eigenvalue weighted by Gasteiger charge is -2.12. The number of hydrogen-bond acceptors (Lipinski definition) is 4. The van der Waals surface area contributed by atoms with Crippen LogP contribution in [0.5, 0.6) is 0 Å². The zero-order valence-corrected chi connectivity index (χ0v) is 22.4. The van der Waals surface area contributed by atoms with E-state index in [0.29, 0.717) is 0 Å². The molecular formula is C29H42N4S. The molecule has 0 saturated heterocycles. The zero-order chi connectivity index (χ0) is 24.2. The molecule has 1 aromatic heterocycles. The Morgan fingerprint density at radius 2 is 1.59 bits per heavy atom. The molecule has 0 aliphatic rings. The summed E-state index contributed by atoms with van der Waals surface area (Å²) in [5.41, 5.74) is 6.50. The average molecular weight is 479 g/mol. The summed E-state index contributed by atoms with van der Waals surface area (Å²) in [6.07, 6.45) is 9.51. The Labute approximate surface area is 211 Å². The van der Waals surface area contributed by atoms with Crippen molar-refractivity contribution in [1.82, 2.24) is 20.1 Å². The molecule has 3 aromatic rings. The van der Waals surface area contributed by atoms with E-state index >= 15 is 0 Å². The molecule has 0 unspecified atom stereocenters. The van der Waals surface area contributed by atoms with Crippen LogP contribution in [0.25, 0.3) is 5.69 Å². The quantitative estimate of drug-likeness (QED) is 0.185. The molecule has 1 heterocycles. The molecule has 0 aliphatic heterocycles. The van der Waals surface area contributed by atoms with Crippen molar-refractivity contribution < 1.29 is 0 Å². The minimum absolute atomic E-state index is 0.903. The second-order valence-electron chi connectivity index (χ2n) is 9.31. The van der Waals surface area contributed by atoms with Crippen LogP contribution in [-0.4, -0.2) is 27.9 Å². The zero-order valence-electron chi connectivity index (χ0n) is 21.6. The van der Waals surface area contributed by atoms with E-state index in [2.05, 4.69) is 90.2 Å². The molecular weight excluding hydrogens is 436 g/mol. The molecule has 3 rings (SSSR count). The minimum atomic E-state index is 0.903. The van der Waals surface area contributed by atoms with Gasteiger partial charge in [-0.1, -0.05) is 86.3 Å². The maximum atomic E-state index is 4.65. The van der Waals surface area contributed by atoms with Crippen LogP contribution in [0.1, 0.15) is 80.5 Å². The van der Waals surface area contributed by atoms with Crippen molar-refractivity contribution in [1.29, 1.82) is 0 Å². The third-order valence-electron chi connectivity index (χ3n) is 6.11. The van der Waals surface area contributed by atoms with Crippen LogP contribution in [0.2, 0.25) is 0 Å². The lowest BCUT2D eigenvalue weighted by Crippen LogP contribution is -2.15. The number of rotatable bonds is 15. The minimum Gasteiger partial charge on any atom is -0.317 e. The summed E-state index contributed by atoms with van der Waals surface area (Å²) in [7, 11) is 0. The predicted molar refractivity (Wildman–Crippen MR) is 146 cm³/mol. The lowest BCUT2D eigenvalue weighted by molar-refractivity contribution is 0.568. The van der Waals surface area contributed by atoms with Crippen LogP contribution in [-0.2, 0) is 18.6 Å². The van der Waals surface area contributed by atoms with Gasteiger partial charge in [0.05, 0.1) is 0 Å². The first-order valence-electron chi connectivity index (χ1n) is 13.0. The van der Waals surface area contributed by atoms with Gasteiger partial charge in [-0.05, 0) is 75.9 Å². The van der Waals surface area contributed by atoms with Gasteiger partial charge in [0.15, 0.2) is 5.16 Å². The van der Waals surface area contributed by atoms with E-state index in [4.69, 9.17) is 0 Å². The number of aryl methyl sites for hydroxylation is 4. The van der Waals surface area contributed by atoms with E-state index in [1.165, 1.54) is 60.0 Å². The highest BCUT2D eigenvalue weighted by molar-refractivity contribution is 7.98. The molecule has 0 radical (unpaired) electrons. The first-order valence-corrected chi connectivity index (χ1v) is 14.0. The van der Waals surface area contributed by atoms with Gasteiger partial charge in [0, 0.05) is 17.9 Å². The van der Waals surface area contributed by atoms with Gasteiger partial charge in [-0.15, -0.1) is 10.2 Å². The predicted octanol–water partition coefficient (Wildman–Crippen LogP) is 7.23. The number of thioether (sulfide) groups is 1. The Balaban J connectivity index is 1.65. The molecule has 0 atom stereocenters. The standard InChI is InChI=1S/C29H42N4S/c1-5-16-30-17-11-9-7-8-10-15-28-31-32-29(33(28)27-14-12-13-25(6-2)21-27)34-22-26-19-23(3)18-24(4)20-26/h12-14,18-21,30H,5-11,15-17,22H2,1-4H3. The van der Waals surface area contributed by atoms with E-state index < -0.39 is 0 Å². The van der Waals surface area contributed by atoms with Crippen LogP contribution in [0.3, 0.4) is 0 Å². The van der Waals surface area contributed by atoms with Crippen molar-refractivity contribution in [3.63, 3.8) is 0 Å². The van der Waals surface area contributed by atoms with Crippen LogP contribution >= 0.6 is 11.8 Å². The molecule has 5 heteroatoms. The van der Waals surface area contributed by atoms with Crippen LogP contribution in [0, 0.1) is 13.8 Å². The molecule has 0 saturated carbocycles. The highest BCUT2D eigenvalue weighted by atomic mass is 32.2. The van der Waals surface area contributed by atoms with Gasteiger partial charge in [-0.3, -0.25) is 4.57 Å². The van der Waals surface area contributed by atoms with Crippen molar-refractivity contribution in [2.45, 2.75) is 90.0 Å². The fourth-order valence-corrected chi connectivity index (χ4v) is 5.30. The molecule has 1 N–H and O–H groups in total. The normalized spacial score (nSPS) is 11.3. The number of unbranched alkanes of at least 4 members (excludes halogenated alkanes) is 4. The monoisotopic (exact) mass is 478 g/mol. The van der Waals surface area contributed by atoms with Gasteiger partial charge in [-0.2, -0.15) is 0 Å². The van der Waals surface area contributed by atoms with Gasteiger partial charge >= 0.3 is 0 Å². The van der Waals surface area contributed by atoms with Gasteiger partial charge in [0.2, 0.25) is 0 Å². The van der Waals surface area contributed by atoms with Crippen LogP contribution < -0.4 is 5.32 Å². The van der Waals surface area contributed by atoms with Crippen molar-refractivity contribution in [3.05, 3.63) is 70.5 Å². The summed E-state index contributed by atoms with van der Waals surface area (Å²) >= 11 is 1.79. The maximum absolute atomic E-state index is 4.65. The molecule has 2 aromatic carbocycles. The van der Waals surface area contributed by atoms with Crippen molar-refractivity contribution >= 4 is 11.8 Å². The fraction of sp³-hybridized carbons (Fsp3) is 0.517. The number of nitrogens with zero attached hydrogens (tertiary/aromatic N) is 3. The number of nitrogens with one attached hydrogen (secondary N) is 1. The second-order valence-corrected chi connectivity index (χ2v) is 10.3. The smallest absolute Gasteiger partial charge is 0.196 e. The van der Waals surface area contributed by atoms with Crippen LogP contribution in [0.15, 0.2) is 47.6 Å². The van der Waals surface area contributed by atoms with E-state index in [1.807, 2.05) is 0 Å². The van der Waals surface area contributed by atoms with E-state index in [0.717, 1.165) is 49.1 Å². The fourth-order valence-electron chi connectivity index (χ4n) is 4.40. The summed E-state index contributed by atoms with van der Waals surface area (Å²) in [6.45, 7) is 11.0. The Kier molecular flexibility index (Phi) is 11.2. The van der Waals surface area contributed by atoms with Crippen molar-refractivity contribution in [2.24, 2.45) is 0 Å². The topological polar surface area (TPSA) is 42.7 Å². The third-order valence-corrected chi connectivity index (χ3v) is 7.11. The molecule has 0 bridgehead atoms. The Bertz CT molecular complexity index is 991. The summed E-state index contributed by atoms with van der Waals surface area (Å²) in [6, 6.07) is 15.6. The highest BCUT2D eigenvalue weighted by Gasteiger charge is 2.15. The molecule has 184 valence electrons. The van der Waals surface area contributed by atoms with E-state index in [9.17, 15) is 0 Å². The van der Waals surface area contributed by atoms with Crippen LogP contribution in [0.4, 0.5) is 0 Å². The first-order chi connectivity index (χ1) is 16.6. The summed E-state index contributed by atoms with van der Waals surface area (Å²) in [5, 5.41) is 13.8. The first kappa shape index (κ1) is 26.5. The summed E-state index contributed by atoms with van der Waals surface area (Å²) in [4.78, 5) is 0. The van der Waals surface area contributed by atoms with Gasteiger partial charge in [-0.25, -0.2) is 0 Å². The highest BCUT2D eigenvalue weighted by Crippen LogP contribution is 2.27. The van der Waals surface area contributed by atoms with Gasteiger partial charge in [0.1, 0.15) is 5.82 Å². The number of hydrogen-bond donors (Lipinski definition) is 1. The van der Waals surface area contributed by atoms with Gasteiger partial charge in [0.25, 0.3) is 0 Å². The Morgan fingerprint density at radius 1 is 0.824 bits per heavy atom. The van der Waals surface area contributed by atoms with E-state index in [1.54, 1.807) is 11.8 Å². The second kappa shape index (κ2) is 14.3. The van der Waals surface area contributed by atoms with Crippen molar-refractivity contribution in [3.8, 4) is 5.69 Å². The lowest BCUT2D eigenvalue weighted by atomic mass is 10.1. The largest absolute Gasteiger partial charge is 0.317 e. The van der Waals surface area contributed by atoms with Gasteiger partial charge < -0.3 is 5.32 Å². The molecule has 34 heavy (non-hydrogen) atoms. The molecule has 4 nitrogen and oxygen atoms in total. The molecule has 0 fully saturated rings. The molecule has 0 spiro atoms. The average Bonchev–Trinajstić information content (AvgIpc) is 3.24. The maximum Gasteiger partial charge on any atom is 0.196 e. The SMILES string of the molecule is CCCNCCCCCCCc1nnc(SCc2cc(C)cc(C)c2)n1-c1cccc(CC)c1. The van der Waals surface area contributed by atoms with E-state index in [-0.39, 0.29) is 0 Å². The summed E-state index contributed by atoms with van der Waals surface area (Å²) in [5.74, 6) is 1.99. The summed E-state index contributed by atoms with van der Waals surface area (Å²) < 4.78 is 2.29. The molecule has 0 amide bonds. The Hall–Kier alpha value is -2.11. The third kappa shape index (κ3) is 8.28. The Morgan fingerprint density at radius 3 is 2.35 bits per heavy atom. The number of benzene rings is 2. The van der Waals surface area contributed by atoms with Crippen molar-refractivity contribution in [2.75, 3.05) is 13.1 Å². The number of aromatic nitrogens is 3. The molecule has 0 aliphatic carbocycles.